The number of aliphatic hydroxyl groups is 1. The van der Waals surface area contributed by atoms with Crippen LogP contribution in [0.5, 0.6) is 0 Å². The SMILES string of the molecule is OCc1ccc(C2OCCCC2Br)cc1. The van der Waals surface area contributed by atoms with Crippen LogP contribution in [0.15, 0.2) is 24.3 Å². The number of alkyl halides is 1. The molecule has 0 spiro atoms. The summed E-state index contributed by atoms with van der Waals surface area (Å²) in [6, 6.07) is 7.98. The Bertz CT molecular complexity index is 310. The maximum atomic E-state index is 8.95. The lowest BCUT2D eigenvalue weighted by molar-refractivity contribution is 0.0217. The number of halogens is 1. The molecule has 1 aromatic rings. The number of aliphatic hydroxyl groups excluding tert-OH is 1. The molecular formula is C12H15BrO2. The Kier molecular flexibility index (Phi) is 3.78. The molecule has 0 aliphatic carbocycles. The van der Waals surface area contributed by atoms with E-state index >= 15 is 0 Å². The molecule has 82 valence electrons. The number of ether oxygens (including phenoxy) is 1. The third kappa shape index (κ3) is 2.60. The zero-order valence-corrected chi connectivity index (χ0v) is 10.1. The summed E-state index contributed by atoms with van der Waals surface area (Å²) >= 11 is 3.65. The van der Waals surface area contributed by atoms with Gasteiger partial charge < -0.3 is 9.84 Å². The van der Waals surface area contributed by atoms with Crippen LogP contribution in [0.25, 0.3) is 0 Å². The van der Waals surface area contributed by atoms with E-state index < -0.39 is 0 Å². The molecule has 1 aliphatic rings. The van der Waals surface area contributed by atoms with Crippen molar-refractivity contribution in [2.45, 2.75) is 30.4 Å². The van der Waals surface area contributed by atoms with Crippen molar-refractivity contribution in [3.63, 3.8) is 0 Å². The van der Waals surface area contributed by atoms with Crippen LogP contribution in [0, 0.1) is 0 Å². The van der Waals surface area contributed by atoms with Gasteiger partial charge in [-0.2, -0.15) is 0 Å². The molecule has 0 radical (unpaired) electrons. The first-order chi connectivity index (χ1) is 7.31. The Balaban J connectivity index is 2.13. The summed E-state index contributed by atoms with van der Waals surface area (Å²) in [6.45, 7) is 0.943. The second kappa shape index (κ2) is 5.10. The summed E-state index contributed by atoms with van der Waals surface area (Å²) in [5.74, 6) is 0. The normalized spacial score (nSPS) is 26.5. The third-order valence-electron chi connectivity index (χ3n) is 2.74. The fourth-order valence-electron chi connectivity index (χ4n) is 1.86. The van der Waals surface area contributed by atoms with Crippen LogP contribution in [-0.4, -0.2) is 16.5 Å². The number of rotatable bonds is 2. The molecule has 1 heterocycles. The monoisotopic (exact) mass is 270 g/mol. The highest BCUT2D eigenvalue weighted by atomic mass is 79.9. The van der Waals surface area contributed by atoms with Crippen LogP contribution in [0.4, 0.5) is 0 Å². The summed E-state index contributed by atoms with van der Waals surface area (Å²) < 4.78 is 5.74. The van der Waals surface area contributed by atoms with E-state index in [-0.39, 0.29) is 12.7 Å². The predicted molar refractivity (Wildman–Crippen MR) is 63.0 cm³/mol. The van der Waals surface area contributed by atoms with E-state index in [4.69, 9.17) is 9.84 Å². The Morgan fingerprint density at radius 1 is 1.33 bits per heavy atom. The van der Waals surface area contributed by atoms with Gasteiger partial charge in [0.1, 0.15) is 0 Å². The van der Waals surface area contributed by atoms with E-state index in [1.165, 1.54) is 5.56 Å². The molecule has 1 aliphatic heterocycles. The van der Waals surface area contributed by atoms with Gasteiger partial charge in [0.25, 0.3) is 0 Å². The van der Waals surface area contributed by atoms with Gasteiger partial charge in [0.15, 0.2) is 0 Å². The van der Waals surface area contributed by atoms with E-state index in [0.717, 1.165) is 25.0 Å². The fraction of sp³-hybridized carbons (Fsp3) is 0.500. The predicted octanol–water partition coefficient (Wildman–Crippen LogP) is 2.79. The van der Waals surface area contributed by atoms with E-state index in [1.54, 1.807) is 0 Å². The summed E-state index contributed by atoms with van der Waals surface area (Å²) in [7, 11) is 0. The van der Waals surface area contributed by atoms with Crippen LogP contribution < -0.4 is 0 Å². The standard InChI is InChI=1S/C12H15BrO2/c13-11-2-1-7-15-12(11)10-5-3-9(8-14)4-6-10/h3-6,11-12,14H,1-2,7-8H2. The second-order valence-corrected chi connectivity index (χ2v) is 5.03. The average Bonchev–Trinajstić information content (AvgIpc) is 2.30. The van der Waals surface area contributed by atoms with Gasteiger partial charge in [-0.25, -0.2) is 0 Å². The molecule has 1 aromatic carbocycles. The van der Waals surface area contributed by atoms with Gasteiger partial charge in [-0.15, -0.1) is 0 Å². The van der Waals surface area contributed by atoms with Gasteiger partial charge in [-0.3, -0.25) is 0 Å². The molecule has 0 saturated carbocycles. The van der Waals surface area contributed by atoms with E-state index in [2.05, 4.69) is 15.9 Å². The highest BCUT2D eigenvalue weighted by Gasteiger charge is 2.24. The first kappa shape index (κ1) is 11.1. The smallest absolute Gasteiger partial charge is 0.0949 e. The third-order valence-corrected chi connectivity index (χ3v) is 3.68. The topological polar surface area (TPSA) is 29.5 Å². The highest BCUT2D eigenvalue weighted by Crippen LogP contribution is 2.33. The van der Waals surface area contributed by atoms with Crippen molar-refractivity contribution in [1.29, 1.82) is 0 Å². The Morgan fingerprint density at radius 3 is 2.67 bits per heavy atom. The van der Waals surface area contributed by atoms with E-state index in [1.807, 2.05) is 24.3 Å². The van der Waals surface area contributed by atoms with Gasteiger partial charge >= 0.3 is 0 Å². The summed E-state index contributed by atoms with van der Waals surface area (Å²) in [5.41, 5.74) is 2.13. The van der Waals surface area contributed by atoms with Gasteiger partial charge in [0.05, 0.1) is 12.7 Å². The van der Waals surface area contributed by atoms with Crippen molar-refractivity contribution < 1.29 is 9.84 Å². The summed E-state index contributed by atoms with van der Waals surface area (Å²) in [4.78, 5) is 0.409. The van der Waals surface area contributed by atoms with Gasteiger partial charge in [-0.1, -0.05) is 40.2 Å². The minimum Gasteiger partial charge on any atom is -0.392 e. The molecule has 1 saturated heterocycles. The molecule has 3 heteroatoms. The van der Waals surface area contributed by atoms with Gasteiger partial charge in [0, 0.05) is 11.4 Å². The van der Waals surface area contributed by atoms with Gasteiger partial charge in [0.2, 0.25) is 0 Å². The molecule has 2 nitrogen and oxygen atoms in total. The van der Waals surface area contributed by atoms with Crippen LogP contribution in [-0.2, 0) is 11.3 Å². The fourth-order valence-corrected chi connectivity index (χ4v) is 2.64. The molecule has 2 atom stereocenters. The summed E-state index contributed by atoms with van der Waals surface area (Å²) in [5, 5.41) is 8.95. The van der Waals surface area contributed by atoms with Crippen molar-refractivity contribution >= 4 is 15.9 Å². The molecule has 1 fully saturated rings. The largest absolute Gasteiger partial charge is 0.392 e. The van der Waals surface area contributed by atoms with Crippen LogP contribution >= 0.6 is 15.9 Å². The molecular weight excluding hydrogens is 256 g/mol. The Hall–Kier alpha value is -0.380. The lowest BCUT2D eigenvalue weighted by atomic mass is 10.0. The van der Waals surface area contributed by atoms with Crippen LogP contribution in [0.3, 0.4) is 0 Å². The Morgan fingerprint density at radius 2 is 2.07 bits per heavy atom. The zero-order chi connectivity index (χ0) is 10.7. The lowest BCUT2D eigenvalue weighted by Crippen LogP contribution is -2.22. The highest BCUT2D eigenvalue weighted by molar-refractivity contribution is 9.09. The quantitative estimate of drug-likeness (QED) is 0.838. The average molecular weight is 271 g/mol. The molecule has 0 amide bonds. The minimum atomic E-state index is 0.101. The summed E-state index contributed by atoms with van der Waals surface area (Å²) in [6.07, 6.45) is 2.44. The molecule has 2 rings (SSSR count). The van der Waals surface area contributed by atoms with Crippen molar-refractivity contribution in [2.75, 3.05) is 6.61 Å². The molecule has 0 aromatic heterocycles. The maximum Gasteiger partial charge on any atom is 0.0949 e. The maximum absolute atomic E-state index is 8.95. The van der Waals surface area contributed by atoms with Crippen molar-refractivity contribution in [2.24, 2.45) is 0 Å². The lowest BCUT2D eigenvalue weighted by Gasteiger charge is -2.28. The minimum absolute atomic E-state index is 0.101. The molecule has 1 N–H and O–H groups in total. The number of hydrogen-bond donors (Lipinski definition) is 1. The number of hydrogen-bond acceptors (Lipinski definition) is 2. The Labute approximate surface area is 98.4 Å². The van der Waals surface area contributed by atoms with Gasteiger partial charge in [-0.05, 0) is 24.0 Å². The van der Waals surface area contributed by atoms with Crippen molar-refractivity contribution in [3.05, 3.63) is 35.4 Å². The first-order valence-electron chi connectivity index (χ1n) is 5.26. The van der Waals surface area contributed by atoms with E-state index in [0.29, 0.717) is 4.83 Å². The van der Waals surface area contributed by atoms with Crippen LogP contribution in [0.2, 0.25) is 0 Å². The van der Waals surface area contributed by atoms with E-state index in [9.17, 15) is 0 Å². The second-order valence-electron chi connectivity index (χ2n) is 3.85. The van der Waals surface area contributed by atoms with Crippen molar-refractivity contribution in [3.8, 4) is 0 Å². The molecule has 0 bridgehead atoms. The first-order valence-corrected chi connectivity index (χ1v) is 6.18. The zero-order valence-electron chi connectivity index (χ0n) is 8.53. The number of benzene rings is 1. The molecule has 2 unspecified atom stereocenters. The van der Waals surface area contributed by atoms with Crippen LogP contribution in [0.1, 0.15) is 30.1 Å². The van der Waals surface area contributed by atoms with Crippen molar-refractivity contribution in [1.82, 2.24) is 0 Å². The molecule has 15 heavy (non-hydrogen) atoms.